The number of carboxylic acids is 3. The molecular weight excluding hydrogens is 283 g/mol. The van der Waals surface area contributed by atoms with Gasteiger partial charge in [-0.15, -0.1) is 0 Å². The normalized spacial score (nSPS) is 10.3. The Bertz CT molecular complexity index is 311. The van der Waals surface area contributed by atoms with E-state index in [9.17, 15) is 14.4 Å². The molecule has 0 aliphatic rings. The first-order chi connectivity index (χ1) is 8.85. The van der Waals surface area contributed by atoms with E-state index in [0.29, 0.717) is 0 Å². The Morgan fingerprint density at radius 2 is 1.05 bits per heavy atom. The SMILES string of the molecule is O=C(O)CN(CCO)CCN(CC(=O)O)CC(=O)O.[Na+]. The minimum Gasteiger partial charge on any atom is -0.480 e. The van der Waals surface area contributed by atoms with Gasteiger partial charge in [0, 0.05) is 19.6 Å². The van der Waals surface area contributed by atoms with Gasteiger partial charge < -0.3 is 20.4 Å². The number of hydrogen-bond donors (Lipinski definition) is 4. The predicted octanol–water partition coefficient (Wildman–Crippen LogP) is -5.16. The van der Waals surface area contributed by atoms with Crippen molar-refractivity contribution in [1.82, 2.24) is 9.80 Å². The summed E-state index contributed by atoms with van der Waals surface area (Å²) in [5.41, 5.74) is 0. The molecule has 110 valence electrons. The van der Waals surface area contributed by atoms with Crippen LogP contribution in [0.25, 0.3) is 0 Å². The minimum atomic E-state index is -1.16. The number of aliphatic hydroxyl groups is 1. The van der Waals surface area contributed by atoms with Crippen molar-refractivity contribution in [1.29, 1.82) is 0 Å². The molecule has 20 heavy (non-hydrogen) atoms. The molecule has 0 rings (SSSR count). The fraction of sp³-hybridized carbons (Fsp3) is 0.700. The summed E-state index contributed by atoms with van der Waals surface area (Å²) in [7, 11) is 0. The van der Waals surface area contributed by atoms with E-state index >= 15 is 0 Å². The summed E-state index contributed by atoms with van der Waals surface area (Å²) >= 11 is 0. The van der Waals surface area contributed by atoms with E-state index in [2.05, 4.69) is 0 Å². The maximum absolute atomic E-state index is 10.6. The molecule has 0 aromatic heterocycles. The van der Waals surface area contributed by atoms with Gasteiger partial charge in [0.05, 0.1) is 26.2 Å². The van der Waals surface area contributed by atoms with Crippen LogP contribution in [0.1, 0.15) is 0 Å². The molecule has 0 bridgehead atoms. The van der Waals surface area contributed by atoms with Crippen LogP contribution in [0.5, 0.6) is 0 Å². The number of aliphatic carboxylic acids is 3. The summed E-state index contributed by atoms with van der Waals surface area (Å²) in [6.07, 6.45) is 0. The molecule has 0 saturated heterocycles. The molecule has 0 aliphatic heterocycles. The molecule has 0 heterocycles. The van der Waals surface area contributed by atoms with Crippen LogP contribution in [-0.2, 0) is 14.4 Å². The molecule has 0 amide bonds. The van der Waals surface area contributed by atoms with Crippen molar-refractivity contribution >= 4 is 17.9 Å². The van der Waals surface area contributed by atoms with Gasteiger partial charge in [-0.3, -0.25) is 24.2 Å². The van der Waals surface area contributed by atoms with Gasteiger partial charge in [0.25, 0.3) is 0 Å². The zero-order chi connectivity index (χ0) is 14.8. The molecule has 10 heteroatoms. The molecule has 0 spiro atoms. The topological polar surface area (TPSA) is 139 Å². The Morgan fingerprint density at radius 1 is 0.700 bits per heavy atom. The minimum absolute atomic E-state index is 0. The van der Waals surface area contributed by atoms with Gasteiger partial charge in [-0.1, -0.05) is 0 Å². The molecule has 0 radical (unpaired) electrons. The van der Waals surface area contributed by atoms with Crippen LogP contribution >= 0.6 is 0 Å². The van der Waals surface area contributed by atoms with E-state index in [1.807, 2.05) is 0 Å². The van der Waals surface area contributed by atoms with Crippen LogP contribution in [0.15, 0.2) is 0 Å². The van der Waals surface area contributed by atoms with Crippen molar-refractivity contribution in [2.24, 2.45) is 0 Å². The van der Waals surface area contributed by atoms with Crippen LogP contribution < -0.4 is 29.6 Å². The Balaban J connectivity index is 0. The summed E-state index contributed by atoms with van der Waals surface area (Å²) in [5, 5.41) is 34.7. The van der Waals surface area contributed by atoms with Crippen LogP contribution in [-0.4, -0.2) is 94.0 Å². The maximum atomic E-state index is 10.6. The predicted molar refractivity (Wildman–Crippen MR) is 62.9 cm³/mol. The third-order valence-electron chi connectivity index (χ3n) is 2.23. The van der Waals surface area contributed by atoms with Crippen LogP contribution in [0.3, 0.4) is 0 Å². The molecule has 4 N–H and O–H groups in total. The molecule has 0 aromatic carbocycles. The number of rotatable bonds is 11. The summed E-state index contributed by atoms with van der Waals surface area (Å²) in [4.78, 5) is 34.3. The number of carbonyl (C=O) groups is 3. The zero-order valence-corrected chi connectivity index (χ0v) is 13.4. The first kappa shape index (κ1) is 21.6. The average Bonchev–Trinajstić information content (AvgIpc) is 2.23. The molecule has 9 nitrogen and oxygen atoms in total. The Hall–Kier alpha value is -0.710. The Kier molecular flexibility index (Phi) is 13.0. The van der Waals surface area contributed by atoms with Gasteiger partial charge in [0.1, 0.15) is 0 Å². The van der Waals surface area contributed by atoms with Gasteiger partial charge >= 0.3 is 47.5 Å². The summed E-state index contributed by atoms with van der Waals surface area (Å²) in [6, 6.07) is 0. The van der Waals surface area contributed by atoms with E-state index in [1.165, 1.54) is 9.80 Å². The Morgan fingerprint density at radius 3 is 1.40 bits per heavy atom. The second-order valence-electron chi connectivity index (χ2n) is 3.89. The van der Waals surface area contributed by atoms with E-state index < -0.39 is 31.0 Å². The van der Waals surface area contributed by atoms with E-state index in [1.54, 1.807) is 0 Å². The third kappa shape index (κ3) is 12.3. The van der Waals surface area contributed by atoms with Crippen molar-refractivity contribution in [3.05, 3.63) is 0 Å². The monoisotopic (exact) mass is 301 g/mol. The van der Waals surface area contributed by atoms with Crippen molar-refractivity contribution in [3.63, 3.8) is 0 Å². The fourth-order valence-electron chi connectivity index (χ4n) is 1.48. The van der Waals surface area contributed by atoms with Gasteiger partial charge in [0.15, 0.2) is 0 Å². The largest absolute Gasteiger partial charge is 1.00 e. The molecule has 0 aliphatic carbocycles. The van der Waals surface area contributed by atoms with Crippen LogP contribution in [0.4, 0.5) is 0 Å². The standard InChI is InChI=1S/C10H18N2O7.Na/c13-4-3-11(5-8(14)15)1-2-12(6-9(16)17)7-10(18)19;/h13H,1-7H2,(H,14,15)(H,16,17)(H,18,19);/q;+1. The van der Waals surface area contributed by atoms with Gasteiger partial charge in [-0.05, 0) is 0 Å². The summed E-state index contributed by atoms with van der Waals surface area (Å²) in [6.45, 7) is -1.03. The summed E-state index contributed by atoms with van der Waals surface area (Å²) < 4.78 is 0. The van der Waals surface area contributed by atoms with Gasteiger partial charge in [-0.25, -0.2) is 0 Å². The van der Waals surface area contributed by atoms with Crippen LogP contribution in [0.2, 0.25) is 0 Å². The number of carboxylic acid groups (broad SMARTS) is 3. The van der Waals surface area contributed by atoms with Crippen molar-refractivity contribution in [3.8, 4) is 0 Å². The smallest absolute Gasteiger partial charge is 0.480 e. The van der Waals surface area contributed by atoms with E-state index in [4.69, 9.17) is 20.4 Å². The number of aliphatic hydroxyl groups excluding tert-OH is 1. The molecule has 0 unspecified atom stereocenters. The molecule has 0 saturated carbocycles. The second-order valence-corrected chi connectivity index (χ2v) is 3.89. The molecule has 0 aromatic rings. The molecular formula is C10H18N2NaO7+. The average molecular weight is 301 g/mol. The number of hydrogen-bond acceptors (Lipinski definition) is 6. The van der Waals surface area contributed by atoms with Gasteiger partial charge in [0.2, 0.25) is 0 Å². The van der Waals surface area contributed by atoms with Crippen LogP contribution in [0, 0.1) is 0 Å². The number of nitrogens with zero attached hydrogens (tertiary/aromatic N) is 2. The van der Waals surface area contributed by atoms with E-state index in [0.717, 1.165) is 0 Å². The van der Waals surface area contributed by atoms with Crippen molar-refractivity contribution in [2.75, 3.05) is 45.9 Å². The molecule has 0 atom stereocenters. The quantitative estimate of drug-likeness (QED) is 0.276. The van der Waals surface area contributed by atoms with Crippen molar-refractivity contribution < 1.29 is 64.4 Å². The first-order valence-electron chi connectivity index (χ1n) is 5.56. The summed E-state index contributed by atoms with van der Waals surface area (Å²) in [5.74, 6) is -3.39. The van der Waals surface area contributed by atoms with Crippen molar-refractivity contribution in [2.45, 2.75) is 0 Å². The van der Waals surface area contributed by atoms with Gasteiger partial charge in [-0.2, -0.15) is 0 Å². The fourth-order valence-corrected chi connectivity index (χ4v) is 1.48. The third-order valence-corrected chi connectivity index (χ3v) is 2.23. The molecule has 0 fully saturated rings. The Labute approximate surface area is 138 Å². The van der Waals surface area contributed by atoms with E-state index in [-0.39, 0.29) is 62.3 Å². The maximum Gasteiger partial charge on any atom is 1.00 e. The first-order valence-corrected chi connectivity index (χ1v) is 5.56. The zero-order valence-electron chi connectivity index (χ0n) is 11.4. The second kappa shape index (κ2) is 12.1.